The highest BCUT2D eigenvalue weighted by atomic mass is 16.2. The van der Waals surface area contributed by atoms with E-state index in [0.717, 1.165) is 19.5 Å². The lowest BCUT2D eigenvalue weighted by molar-refractivity contribution is -0.130. The minimum Gasteiger partial charge on any atom is -0.332 e. The Morgan fingerprint density at radius 1 is 1.53 bits per heavy atom. The lowest BCUT2D eigenvalue weighted by Gasteiger charge is -2.19. The molecular formula is C12H22N2O. The van der Waals surface area contributed by atoms with E-state index in [1.165, 1.54) is 0 Å². The molecule has 0 saturated carbocycles. The summed E-state index contributed by atoms with van der Waals surface area (Å²) in [7, 11) is 0. The minimum atomic E-state index is 0.142. The molecule has 0 rings (SSSR count). The molecule has 0 aliphatic carbocycles. The first kappa shape index (κ1) is 14.0. The van der Waals surface area contributed by atoms with Crippen LogP contribution in [0.4, 0.5) is 0 Å². The van der Waals surface area contributed by atoms with Gasteiger partial charge in [-0.1, -0.05) is 26.7 Å². The van der Waals surface area contributed by atoms with Gasteiger partial charge in [0.25, 0.3) is 0 Å². The number of hydrogen-bond acceptors (Lipinski definition) is 2. The molecule has 0 saturated heterocycles. The van der Waals surface area contributed by atoms with Crippen molar-refractivity contribution in [3.05, 3.63) is 0 Å². The first-order valence-electron chi connectivity index (χ1n) is 5.56. The largest absolute Gasteiger partial charge is 0.332 e. The smallest absolute Gasteiger partial charge is 0.224 e. The molecule has 0 heterocycles. The molecule has 15 heavy (non-hydrogen) atoms. The Bertz CT molecular complexity index is 218. The van der Waals surface area contributed by atoms with Crippen molar-refractivity contribution in [2.75, 3.05) is 19.6 Å². The quantitative estimate of drug-likeness (QED) is 0.641. The fourth-order valence-electron chi connectivity index (χ4n) is 1.30. The van der Waals surface area contributed by atoms with Crippen molar-refractivity contribution in [3.63, 3.8) is 0 Å². The monoisotopic (exact) mass is 210 g/mol. The van der Waals surface area contributed by atoms with Gasteiger partial charge in [0.2, 0.25) is 5.91 Å². The Morgan fingerprint density at radius 3 is 2.67 bits per heavy atom. The summed E-state index contributed by atoms with van der Waals surface area (Å²) in [6.45, 7) is 8.08. The molecule has 1 amide bonds. The summed E-state index contributed by atoms with van der Waals surface area (Å²) in [6.07, 6.45) is 6.69. The highest BCUT2D eigenvalue weighted by Gasteiger charge is 2.10. The van der Waals surface area contributed by atoms with Crippen LogP contribution < -0.4 is 5.32 Å². The van der Waals surface area contributed by atoms with E-state index in [9.17, 15) is 4.79 Å². The van der Waals surface area contributed by atoms with Crippen molar-refractivity contribution in [1.82, 2.24) is 10.2 Å². The topological polar surface area (TPSA) is 32.3 Å². The number of carbonyl (C=O) groups excluding carboxylic acids is 1. The third kappa shape index (κ3) is 6.98. The van der Waals surface area contributed by atoms with Crippen molar-refractivity contribution in [3.8, 4) is 12.3 Å². The minimum absolute atomic E-state index is 0.142. The molecule has 3 heteroatoms. The number of rotatable bonds is 7. The Morgan fingerprint density at radius 2 is 2.20 bits per heavy atom. The molecule has 0 unspecified atom stereocenters. The first-order chi connectivity index (χ1) is 7.11. The van der Waals surface area contributed by atoms with E-state index in [4.69, 9.17) is 6.42 Å². The molecule has 0 spiro atoms. The second-order valence-electron chi connectivity index (χ2n) is 3.88. The lowest BCUT2D eigenvalue weighted by atomic mass is 10.3. The van der Waals surface area contributed by atoms with E-state index in [1.807, 2.05) is 6.92 Å². The molecule has 86 valence electrons. The van der Waals surface area contributed by atoms with Crippen LogP contribution in [0.3, 0.4) is 0 Å². The summed E-state index contributed by atoms with van der Waals surface area (Å²) in [5.74, 6) is 2.66. The highest BCUT2D eigenvalue weighted by molar-refractivity contribution is 5.76. The average molecular weight is 210 g/mol. The number of terminal acetylenes is 1. The van der Waals surface area contributed by atoms with E-state index in [0.29, 0.717) is 19.0 Å². The molecule has 3 nitrogen and oxygen atoms in total. The molecule has 0 atom stereocenters. The van der Waals surface area contributed by atoms with Gasteiger partial charge < -0.3 is 10.2 Å². The van der Waals surface area contributed by atoms with E-state index in [1.54, 1.807) is 4.90 Å². The van der Waals surface area contributed by atoms with E-state index < -0.39 is 0 Å². The Hall–Kier alpha value is -1.01. The van der Waals surface area contributed by atoms with Crippen molar-refractivity contribution in [2.45, 2.75) is 39.7 Å². The summed E-state index contributed by atoms with van der Waals surface area (Å²) in [6, 6.07) is 0.421. The van der Waals surface area contributed by atoms with E-state index in [-0.39, 0.29) is 5.91 Å². The predicted octanol–water partition coefficient (Wildman–Crippen LogP) is 1.25. The summed E-state index contributed by atoms with van der Waals surface area (Å²) in [5.41, 5.74) is 0. The Kier molecular flexibility index (Phi) is 7.75. The number of amides is 1. The van der Waals surface area contributed by atoms with Crippen molar-refractivity contribution < 1.29 is 4.79 Å². The van der Waals surface area contributed by atoms with Crippen LogP contribution >= 0.6 is 0 Å². The van der Waals surface area contributed by atoms with Crippen molar-refractivity contribution in [1.29, 1.82) is 0 Å². The zero-order chi connectivity index (χ0) is 11.7. The molecule has 1 N–H and O–H groups in total. The molecule has 0 aromatic rings. The average Bonchev–Trinajstić information content (AvgIpc) is 2.16. The third-order valence-electron chi connectivity index (χ3n) is 2.02. The molecule has 0 aromatic carbocycles. The fraction of sp³-hybridized carbons (Fsp3) is 0.750. The van der Waals surface area contributed by atoms with Gasteiger partial charge in [-0.15, -0.1) is 6.42 Å². The number of nitrogens with one attached hydrogen (secondary N) is 1. The SMILES string of the molecule is C#CCN(CCC)C(=O)CCNC(C)C. The van der Waals surface area contributed by atoms with Gasteiger partial charge in [0.1, 0.15) is 0 Å². The van der Waals surface area contributed by atoms with E-state index >= 15 is 0 Å². The van der Waals surface area contributed by atoms with E-state index in [2.05, 4.69) is 25.1 Å². The Balaban J connectivity index is 3.87. The van der Waals surface area contributed by atoms with Gasteiger partial charge >= 0.3 is 0 Å². The summed E-state index contributed by atoms with van der Waals surface area (Å²) in [4.78, 5) is 13.4. The normalized spacial score (nSPS) is 10.1. The molecule has 0 aliphatic heterocycles. The third-order valence-corrected chi connectivity index (χ3v) is 2.02. The number of nitrogens with zero attached hydrogens (tertiary/aromatic N) is 1. The predicted molar refractivity (Wildman–Crippen MR) is 63.5 cm³/mol. The maximum Gasteiger partial charge on any atom is 0.224 e. The van der Waals surface area contributed by atoms with Gasteiger partial charge in [0, 0.05) is 25.6 Å². The maximum atomic E-state index is 11.7. The van der Waals surface area contributed by atoms with Crippen LogP contribution in [0.5, 0.6) is 0 Å². The molecule has 0 radical (unpaired) electrons. The first-order valence-corrected chi connectivity index (χ1v) is 5.56. The standard InChI is InChI=1S/C12H22N2O/c1-5-9-14(10-6-2)12(15)7-8-13-11(3)4/h1,11,13H,6-10H2,2-4H3. The summed E-state index contributed by atoms with van der Waals surface area (Å²) in [5, 5.41) is 3.22. The molecule has 0 aromatic heterocycles. The van der Waals surface area contributed by atoms with Crippen LogP contribution in [-0.4, -0.2) is 36.5 Å². The van der Waals surface area contributed by atoms with Gasteiger partial charge in [0.15, 0.2) is 0 Å². The fourth-order valence-corrected chi connectivity index (χ4v) is 1.30. The highest BCUT2D eigenvalue weighted by Crippen LogP contribution is 1.95. The van der Waals surface area contributed by atoms with Crippen LogP contribution in [0, 0.1) is 12.3 Å². The number of carbonyl (C=O) groups is 1. The van der Waals surface area contributed by atoms with Crippen LogP contribution in [0.25, 0.3) is 0 Å². The van der Waals surface area contributed by atoms with Gasteiger partial charge in [-0.05, 0) is 6.42 Å². The van der Waals surface area contributed by atoms with Crippen LogP contribution in [-0.2, 0) is 4.79 Å². The lowest BCUT2D eigenvalue weighted by Crippen LogP contribution is -2.35. The second-order valence-corrected chi connectivity index (χ2v) is 3.88. The Labute approximate surface area is 93.2 Å². The van der Waals surface area contributed by atoms with Crippen LogP contribution in [0.1, 0.15) is 33.6 Å². The zero-order valence-electron chi connectivity index (χ0n) is 10.0. The molecular weight excluding hydrogens is 188 g/mol. The maximum absolute atomic E-state index is 11.7. The zero-order valence-corrected chi connectivity index (χ0v) is 10.0. The van der Waals surface area contributed by atoms with Crippen molar-refractivity contribution in [2.24, 2.45) is 0 Å². The molecule has 0 aliphatic rings. The van der Waals surface area contributed by atoms with Gasteiger partial charge in [-0.3, -0.25) is 4.79 Å². The second kappa shape index (κ2) is 8.31. The number of hydrogen-bond donors (Lipinski definition) is 1. The van der Waals surface area contributed by atoms with Crippen molar-refractivity contribution >= 4 is 5.91 Å². The summed E-state index contributed by atoms with van der Waals surface area (Å²) < 4.78 is 0. The van der Waals surface area contributed by atoms with Crippen LogP contribution in [0.15, 0.2) is 0 Å². The molecule has 0 bridgehead atoms. The summed E-state index contributed by atoms with van der Waals surface area (Å²) >= 11 is 0. The van der Waals surface area contributed by atoms with Gasteiger partial charge in [-0.2, -0.15) is 0 Å². The van der Waals surface area contributed by atoms with Gasteiger partial charge in [-0.25, -0.2) is 0 Å². The van der Waals surface area contributed by atoms with Gasteiger partial charge in [0.05, 0.1) is 6.54 Å². The van der Waals surface area contributed by atoms with Crippen LogP contribution in [0.2, 0.25) is 0 Å². The molecule has 0 fully saturated rings.